The van der Waals surface area contributed by atoms with Crippen molar-refractivity contribution < 1.29 is 13.2 Å². The van der Waals surface area contributed by atoms with E-state index in [9.17, 15) is 13.2 Å². The van der Waals surface area contributed by atoms with E-state index in [1.54, 1.807) is 0 Å². The molecule has 0 aliphatic carbocycles. The van der Waals surface area contributed by atoms with Gasteiger partial charge in [-0.3, -0.25) is 19.6 Å². The van der Waals surface area contributed by atoms with Gasteiger partial charge < -0.3 is 0 Å². The number of hydrogen-bond donors (Lipinski definition) is 0. The molecule has 0 spiro atoms. The third-order valence-corrected chi connectivity index (χ3v) is 7.57. The maximum Gasteiger partial charge on any atom is 0.272 e. The van der Waals surface area contributed by atoms with Gasteiger partial charge in [0.15, 0.2) is 0 Å². The van der Waals surface area contributed by atoms with Gasteiger partial charge in [-0.05, 0) is 27.7 Å². The molecule has 4 saturated heterocycles. The average molecular weight is 360 g/mol. The van der Waals surface area contributed by atoms with Crippen molar-refractivity contribution in [2.45, 2.75) is 63.0 Å². The maximum atomic E-state index is 13.1. The normalized spacial score (nSPS) is 31.3. The molecule has 0 amide bonds. The Hall–Kier alpha value is -0.370. The summed E-state index contributed by atoms with van der Waals surface area (Å²) in [7, 11) is 0. The maximum absolute atomic E-state index is 13.1. The van der Waals surface area contributed by atoms with Crippen molar-refractivity contribution in [2.24, 2.45) is 0 Å². The molecule has 25 heavy (non-hydrogen) atoms. The number of likely N-dealkylation sites (tertiary alicyclic amines) is 4. The smallest absolute Gasteiger partial charge is 0.272 e. The highest BCUT2D eigenvalue weighted by molar-refractivity contribution is 5.12. The van der Waals surface area contributed by atoms with Gasteiger partial charge in [-0.25, -0.2) is 13.2 Å². The zero-order valence-corrected chi connectivity index (χ0v) is 15.8. The first-order valence-electron chi connectivity index (χ1n) is 9.50. The van der Waals surface area contributed by atoms with Crippen molar-refractivity contribution in [1.82, 2.24) is 19.6 Å². The first kappa shape index (κ1) is 18.0. The van der Waals surface area contributed by atoms with Crippen LogP contribution in [0.3, 0.4) is 0 Å². The van der Waals surface area contributed by atoms with Crippen molar-refractivity contribution in [3.05, 3.63) is 0 Å². The van der Waals surface area contributed by atoms with Crippen LogP contribution in [-0.4, -0.2) is 107 Å². The SMILES string of the molecule is CC(C)(N1CC(N2CC(F)C2)C1)C(C)(C)N1CC(N2CC(F)(F)C2)C1. The van der Waals surface area contributed by atoms with Gasteiger partial charge in [0.1, 0.15) is 6.17 Å². The zero-order valence-electron chi connectivity index (χ0n) is 15.8. The minimum atomic E-state index is -2.47. The fraction of sp³-hybridized carbons (Fsp3) is 1.00. The van der Waals surface area contributed by atoms with Crippen molar-refractivity contribution >= 4 is 0 Å². The second kappa shape index (κ2) is 5.57. The van der Waals surface area contributed by atoms with Crippen LogP contribution in [0.15, 0.2) is 0 Å². The largest absolute Gasteiger partial charge is 0.293 e. The summed E-state index contributed by atoms with van der Waals surface area (Å²) in [6.07, 6.45) is -0.634. The van der Waals surface area contributed by atoms with Gasteiger partial charge in [0.05, 0.1) is 13.1 Å². The van der Waals surface area contributed by atoms with Crippen molar-refractivity contribution in [2.75, 3.05) is 52.4 Å². The first-order valence-corrected chi connectivity index (χ1v) is 9.50. The summed E-state index contributed by atoms with van der Waals surface area (Å²) in [5.41, 5.74) is -0.0350. The van der Waals surface area contributed by atoms with E-state index < -0.39 is 12.1 Å². The molecule has 7 heteroatoms. The van der Waals surface area contributed by atoms with Gasteiger partial charge in [0.25, 0.3) is 5.92 Å². The van der Waals surface area contributed by atoms with E-state index >= 15 is 0 Å². The van der Waals surface area contributed by atoms with Crippen molar-refractivity contribution in [3.63, 3.8) is 0 Å². The molecule has 4 heterocycles. The molecule has 0 N–H and O–H groups in total. The number of rotatable bonds is 5. The molecule has 0 aromatic carbocycles. The van der Waals surface area contributed by atoms with Crippen LogP contribution in [0.4, 0.5) is 13.2 Å². The van der Waals surface area contributed by atoms with E-state index in [1.807, 2.05) is 4.90 Å². The topological polar surface area (TPSA) is 13.0 Å². The van der Waals surface area contributed by atoms with Gasteiger partial charge in [-0.2, -0.15) is 0 Å². The van der Waals surface area contributed by atoms with Gasteiger partial charge in [-0.15, -0.1) is 0 Å². The third kappa shape index (κ3) is 2.82. The minimum absolute atomic E-state index is 0.00661. The fourth-order valence-corrected chi connectivity index (χ4v) is 4.62. The summed E-state index contributed by atoms with van der Waals surface area (Å²) in [5.74, 6) is -2.47. The van der Waals surface area contributed by atoms with Crippen LogP contribution in [0.25, 0.3) is 0 Å². The Bertz CT molecular complexity index is 512. The Morgan fingerprint density at radius 2 is 1.12 bits per heavy atom. The Kier molecular flexibility index (Phi) is 4.01. The molecule has 0 aromatic heterocycles. The predicted octanol–water partition coefficient (Wildman–Crippen LogP) is 1.52. The van der Waals surface area contributed by atoms with Gasteiger partial charge >= 0.3 is 0 Å². The lowest BCUT2D eigenvalue weighted by Gasteiger charge is -2.64. The Labute approximate surface area is 148 Å². The average Bonchev–Trinajstić information content (AvgIpc) is 2.29. The van der Waals surface area contributed by atoms with E-state index in [0.29, 0.717) is 19.1 Å². The molecular formula is C18H31F3N4. The Balaban J connectivity index is 1.28. The summed E-state index contributed by atoms with van der Waals surface area (Å²) in [6.45, 7) is 13.9. The second-order valence-electron chi connectivity index (χ2n) is 9.55. The molecule has 0 unspecified atom stereocenters. The second-order valence-corrected chi connectivity index (χ2v) is 9.55. The zero-order chi connectivity index (χ0) is 18.2. The summed E-state index contributed by atoms with van der Waals surface area (Å²) in [5, 5.41) is 0. The Morgan fingerprint density at radius 3 is 1.48 bits per heavy atom. The number of hydrogen-bond acceptors (Lipinski definition) is 4. The number of alkyl halides is 3. The third-order valence-electron chi connectivity index (χ3n) is 7.57. The van der Waals surface area contributed by atoms with Crippen LogP contribution in [0.2, 0.25) is 0 Å². The molecular weight excluding hydrogens is 329 g/mol. The molecule has 0 saturated carbocycles. The summed E-state index contributed by atoms with van der Waals surface area (Å²) in [6, 6.07) is 0.774. The first-order chi connectivity index (χ1) is 11.5. The van der Waals surface area contributed by atoms with E-state index in [1.165, 1.54) is 0 Å². The van der Waals surface area contributed by atoms with E-state index in [0.717, 1.165) is 26.2 Å². The van der Waals surface area contributed by atoms with E-state index in [2.05, 4.69) is 42.4 Å². The summed E-state index contributed by atoms with van der Waals surface area (Å²) >= 11 is 0. The molecule has 144 valence electrons. The lowest BCUT2D eigenvalue weighted by atomic mass is 9.75. The molecule has 0 bridgehead atoms. The quantitative estimate of drug-likeness (QED) is 0.737. The highest BCUT2D eigenvalue weighted by Gasteiger charge is 2.56. The molecule has 0 aromatic rings. The molecule has 4 nitrogen and oxygen atoms in total. The predicted molar refractivity (Wildman–Crippen MR) is 91.9 cm³/mol. The van der Waals surface area contributed by atoms with E-state index in [-0.39, 0.29) is 30.2 Å². The standard InChI is InChI=1S/C18H31F3N4/c1-16(2,24-7-14(8-24)22-5-13(19)6-22)17(3,4)25-9-15(10-25)23-11-18(20,21)12-23/h13-15H,5-12H2,1-4H3. The van der Waals surface area contributed by atoms with Crippen LogP contribution in [0.1, 0.15) is 27.7 Å². The number of nitrogens with zero attached hydrogens (tertiary/aromatic N) is 4. The highest BCUT2D eigenvalue weighted by atomic mass is 19.3. The summed E-state index contributed by atoms with van der Waals surface area (Å²) in [4.78, 5) is 9.08. The lowest BCUT2D eigenvalue weighted by Crippen LogP contribution is -2.79. The van der Waals surface area contributed by atoms with Crippen molar-refractivity contribution in [3.8, 4) is 0 Å². The molecule has 4 aliphatic heterocycles. The van der Waals surface area contributed by atoms with Gasteiger partial charge in [-0.1, -0.05) is 0 Å². The molecule has 4 rings (SSSR count). The lowest BCUT2D eigenvalue weighted by molar-refractivity contribution is -0.188. The van der Waals surface area contributed by atoms with Crippen LogP contribution < -0.4 is 0 Å². The van der Waals surface area contributed by atoms with Crippen molar-refractivity contribution in [1.29, 1.82) is 0 Å². The van der Waals surface area contributed by atoms with Crippen LogP contribution >= 0.6 is 0 Å². The molecule has 4 fully saturated rings. The monoisotopic (exact) mass is 360 g/mol. The molecule has 0 atom stereocenters. The van der Waals surface area contributed by atoms with Crippen LogP contribution in [-0.2, 0) is 0 Å². The Morgan fingerprint density at radius 1 is 0.720 bits per heavy atom. The molecule has 0 radical (unpaired) electrons. The fourth-order valence-electron chi connectivity index (χ4n) is 4.62. The van der Waals surface area contributed by atoms with Gasteiger partial charge in [0.2, 0.25) is 0 Å². The highest BCUT2D eigenvalue weighted by Crippen LogP contribution is 2.41. The summed E-state index contributed by atoms with van der Waals surface area (Å²) < 4.78 is 39.2. The van der Waals surface area contributed by atoms with Crippen LogP contribution in [0.5, 0.6) is 0 Å². The number of halogens is 3. The van der Waals surface area contributed by atoms with E-state index in [4.69, 9.17) is 0 Å². The minimum Gasteiger partial charge on any atom is -0.293 e. The molecule has 4 aliphatic rings. The van der Waals surface area contributed by atoms with Crippen LogP contribution in [0, 0.1) is 0 Å². The van der Waals surface area contributed by atoms with Gasteiger partial charge in [0, 0.05) is 62.4 Å².